The van der Waals surface area contributed by atoms with Gasteiger partial charge in [0.25, 0.3) is 0 Å². The van der Waals surface area contributed by atoms with Gasteiger partial charge >= 0.3 is 0 Å². The lowest BCUT2D eigenvalue weighted by molar-refractivity contribution is 0.431. The van der Waals surface area contributed by atoms with Crippen molar-refractivity contribution in [1.29, 1.82) is 0 Å². The average Bonchev–Trinajstić information content (AvgIpc) is 1.94. The molecule has 63 valence electrons. The number of hydrogen-bond acceptors (Lipinski definition) is 0. The lowest BCUT2D eigenvalue weighted by Crippen LogP contribution is -2.00. The minimum Gasteiger partial charge on any atom is -0.0885 e. The first-order valence-electron chi connectivity index (χ1n) is 4.87. The van der Waals surface area contributed by atoms with Gasteiger partial charge in [0, 0.05) is 0 Å². The summed E-state index contributed by atoms with van der Waals surface area (Å²) in [5.41, 5.74) is 0. The molecule has 0 aromatic heterocycles. The molecule has 1 radical (unpaired) electrons. The fourth-order valence-corrected chi connectivity index (χ4v) is 1.77. The van der Waals surface area contributed by atoms with Crippen LogP contribution in [0.4, 0.5) is 0 Å². The van der Waals surface area contributed by atoms with Gasteiger partial charge in [-0.3, -0.25) is 0 Å². The molecule has 0 aromatic rings. The van der Waals surface area contributed by atoms with Gasteiger partial charge in [0.15, 0.2) is 0 Å². The lowest BCUT2D eigenvalue weighted by Gasteiger charge is -2.15. The van der Waals surface area contributed by atoms with E-state index in [-0.39, 0.29) is 0 Å². The van der Waals surface area contributed by atoms with E-state index in [2.05, 4.69) is 19.1 Å². The summed E-state index contributed by atoms with van der Waals surface area (Å²) in [4.78, 5) is 0. The van der Waals surface area contributed by atoms with Gasteiger partial charge in [0.1, 0.15) is 0 Å². The molecule has 1 aliphatic rings. The van der Waals surface area contributed by atoms with Crippen LogP contribution in [0.1, 0.15) is 44.9 Å². The van der Waals surface area contributed by atoms with Crippen LogP contribution in [-0.2, 0) is 0 Å². The minimum atomic E-state index is 0.934. The molecule has 1 unspecified atom stereocenters. The van der Waals surface area contributed by atoms with Crippen molar-refractivity contribution in [3.8, 4) is 0 Å². The van der Waals surface area contributed by atoms with Gasteiger partial charge in [0.05, 0.1) is 0 Å². The fraction of sp³-hybridized carbons (Fsp3) is 0.727. The molecule has 0 heterocycles. The molecule has 0 fully saturated rings. The Morgan fingerprint density at radius 1 is 1.27 bits per heavy atom. The maximum absolute atomic E-state index is 3.91. The second kappa shape index (κ2) is 5.40. The standard InChI is InChI=1S/C11H19/c1-2-8-11-9-6-4-3-5-7-10-11/h4,6,11H,1-3,5,7-10H2/b6-4-. The van der Waals surface area contributed by atoms with Gasteiger partial charge in [-0.15, -0.1) is 0 Å². The third kappa shape index (κ3) is 3.60. The van der Waals surface area contributed by atoms with E-state index in [1.54, 1.807) is 0 Å². The maximum Gasteiger partial charge on any atom is -0.0322 e. The van der Waals surface area contributed by atoms with Crippen molar-refractivity contribution < 1.29 is 0 Å². The molecule has 0 heteroatoms. The second-order valence-electron chi connectivity index (χ2n) is 3.50. The first-order valence-corrected chi connectivity index (χ1v) is 4.87. The smallest absolute Gasteiger partial charge is 0.0322 e. The molecule has 0 nitrogen and oxygen atoms in total. The van der Waals surface area contributed by atoms with Gasteiger partial charge in [-0.25, -0.2) is 0 Å². The molecule has 0 saturated heterocycles. The number of allylic oxidation sites excluding steroid dienone is 2. The van der Waals surface area contributed by atoms with Crippen LogP contribution in [0, 0.1) is 12.8 Å². The van der Waals surface area contributed by atoms with Crippen molar-refractivity contribution in [2.24, 2.45) is 5.92 Å². The molecule has 1 rings (SSSR count). The van der Waals surface area contributed by atoms with E-state index in [1.165, 1.54) is 38.5 Å². The molecule has 1 atom stereocenters. The summed E-state index contributed by atoms with van der Waals surface area (Å²) in [6.07, 6.45) is 14.0. The average molecular weight is 151 g/mol. The molecule has 0 N–H and O–H groups in total. The van der Waals surface area contributed by atoms with E-state index in [0.717, 1.165) is 12.3 Å². The molecule has 0 bridgehead atoms. The highest BCUT2D eigenvalue weighted by molar-refractivity contribution is 4.86. The topological polar surface area (TPSA) is 0 Å². The number of hydrogen-bond donors (Lipinski definition) is 0. The van der Waals surface area contributed by atoms with Crippen molar-refractivity contribution in [1.82, 2.24) is 0 Å². The zero-order valence-corrected chi connectivity index (χ0v) is 7.39. The van der Waals surface area contributed by atoms with E-state index in [0.29, 0.717) is 0 Å². The Kier molecular flexibility index (Phi) is 4.33. The molecule has 0 amide bonds. The van der Waals surface area contributed by atoms with E-state index in [1.807, 2.05) is 0 Å². The highest BCUT2D eigenvalue weighted by atomic mass is 14.1. The summed E-state index contributed by atoms with van der Waals surface area (Å²) in [5, 5.41) is 0. The van der Waals surface area contributed by atoms with Crippen LogP contribution in [0.2, 0.25) is 0 Å². The summed E-state index contributed by atoms with van der Waals surface area (Å²) in [6, 6.07) is 0. The normalized spacial score (nSPS) is 29.0. The van der Waals surface area contributed by atoms with E-state index >= 15 is 0 Å². The first kappa shape index (κ1) is 8.83. The van der Waals surface area contributed by atoms with Crippen LogP contribution >= 0.6 is 0 Å². The maximum atomic E-state index is 3.91. The van der Waals surface area contributed by atoms with Gasteiger partial charge in [-0.1, -0.05) is 44.8 Å². The molecule has 0 saturated carbocycles. The van der Waals surface area contributed by atoms with Crippen LogP contribution in [0.3, 0.4) is 0 Å². The third-order valence-corrected chi connectivity index (χ3v) is 2.48. The minimum absolute atomic E-state index is 0.934. The van der Waals surface area contributed by atoms with Gasteiger partial charge in [0.2, 0.25) is 0 Å². The van der Waals surface area contributed by atoms with E-state index in [9.17, 15) is 0 Å². The number of rotatable bonds is 2. The van der Waals surface area contributed by atoms with Crippen LogP contribution in [-0.4, -0.2) is 0 Å². The van der Waals surface area contributed by atoms with Crippen molar-refractivity contribution in [2.45, 2.75) is 44.9 Å². The highest BCUT2D eigenvalue weighted by Gasteiger charge is 2.06. The Morgan fingerprint density at radius 2 is 2.18 bits per heavy atom. The molecular formula is C11H19. The fourth-order valence-electron chi connectivity index (χ4n) is 1.77. The van der Waals surface area contributed by atoms with E-state index in [4.69, 9.17) is 0 Å². The molecule has 0 spiro atoms. The summed E-state index contributed by atoms with van der Waals surface area (Å²) < 4.78 is 0. The Hall–Kier alpha value is -0.260. The molecular weight excluding hydrogens is 132 g/mol. The second-order valence-corrected chi connectivity index (χ2v) is 3.50. The van der Waals surface area contributed by atoms with Crippen LogP contribution in [0.5, 0.6) is 0 Å². The van der Waals surface area contributed by atoms with Crippen LogP contribution < -0.4 is 0 Å². The largest absolute Gasteiger partial charge is 0.0885 e. The highest BCUT2D eigenvalue weighted by Crippen LogP contribution is 2.21. The Bertz CT molecular complexity index is 113. The predicted octanol–water partition coefficient (Wildman–Crippen LogP) is 3.74. The zero-order chi connectivity index (χ0) is 7.94. The van der Waals surface area contributed by atoms with Crippen molar-refractivity contribution in [3.63, 3.8) is 0 Å². The van der Waals surface area contributed by atoms with E-state index < -0.39 is 0 Å². The Morgan fingerprint density at radius 3 is 3.00 bits per heavy atom. The molecule has 0 aromatic carbocycles. The summed E-state index contributed by atoms with van der Waals surface area (Å²) in [6.45, 7) is 3.91. The molecule has 1 aliphatic carbocycles. The van der Waals surface area contributed by atoms with Crippen molar-refractivity contribution >= 4 is 0 Å². The van der Waals surface area contributed by atoms with Crippen molar-refractivity contribution in [2.75, 3.05) is 0 Å². The quantitative estimate of drug-likeness (QED) is 0.527. The Labute approximate surface area is 70.7 Å². The van der Waals surface area contributed by atoms with Gasteiger partial charge in [-0.05, 0) is 25.2 Å². The lowest BCUT2D eigenvalue weighted by atomic mass is 9.91. The van der Waals surface area contributed by atoms with Gasteiger partial charge in [-0.2, -0.15) is 0 Å². The molecule has 11 heavy (non-hydrogen) atoms. The van der Waals surface area contributed by atoms with Crippen LogP contribution in [0.25, 0.3) is 0 Å². The zero-order valence-electron chi connectivity index (χ0n) is 7.39. The first-order chi connectivity index (χ1) is 5.43. The SMILES string of the molecule is [CH2]CCC1C/C=C\CCCC1. The summed E-state index contributed by atoms with van der Waals surface area (Å²) in [7, 11) is 0. The summed E-state index contributed by atoms with van der Waals surface area (Å²) in [5.74, 6) is 0.934. The van der Waals surface area contributed by atoms with Crippen LogP contribution in [0.15, 0.2) is 12.2 Å². The van der Waals surface area contributed by atoms with Gasteiger partial charge < -0.3 is 0 Å². The Balaban J connectivity index is 2.26. The predicted molar refractivity (Wildman–Crippen MR) is 50.3 cm³/mol. The van der Waals surface area contributed by atoms with Crippen molar-refractivity contribution in [3.05, 3.63) is 19.1 Å². The molecule has 0 aliphatic heterocycles. The third-order valence-electron chi connectivity index (χ3n) is 2.48. The monoisotopic (exact) mass is 151 g/mol. The summed E-state index contributed by atoms with van der Waals surface area (Å²) >= 11 is 0.